The van der Waals surface area contributed by atoms with Crippen molar-refractivity contribution in [1.82, 2.24) is 0 Å². The van der Waals surface area contributed by atoms with Crippen molar-refractivity contribution >= 4 is 33.9 Å². The van der Waals surface area contributed by atoms with Crippen LogP contribution in [0.1, 0.15) is 12.5 Å². The maximum atomic E-state index is 10.3. The van der Waals surface area contributed by atoms with Gasteiger partial charge in [0.2, 0.25) is 0 Å². The number of allylic oxidation sites excluding steroid dienone is 1. The lowest BCUT2D eigenvalue weighted by molar-refractivity contribution is -0.384. The average molecular weight is 289 g/mol. The molecule has 0 aliphatic carbocycles. The first-order valence-corrected chi connectivity index (χ1v) is 4.91. The van der Waals surface area contributed by atoms with Gasteiger partial charge in [-0.1, -0.05) is 22.6 Å². The summed E-state index contributed by atoms with van der Waals surface area (Å²) in [4.78, 5) is 9.95. The SMILES string of the molecule is C/C(=C\I)c1ccc([N+](=O)[O-])cc1. The van der Waals surface area contributed by atoms with Crippen LogP contribution in [-0.2, 0) is 0 Å². The van der Waals surface area contributed by atoms with Crippen molar-refractivity contribution in [3.63, 3.8) is 0 Å². The first kappa shape index (κ1) is 10.2. The fraction of sp³-hybridized carbons (Fsp3) is 0.111. The van der Waals surface area contributed by atoms with Crippen molar-refractivity contribution in [2.24, 2.45) is 0 Å². The van der Waals surface area contributed by atoms with Crippen LogP contribution >= 0.6 is 22.6 Å². The molecule has 1 aromatic rings. The highest BCUT2D eigenvalue weighted by Crippen LogP contribution is 2.18. The molecule has 1 rings (SSSR count). The third kappa shape index (κ3) is 2.51. The van der Waals surface area contributed by atoms with E-state index >= 15 is 0 Å². The standard InChI is InChI=1S/C9H8INO2/c1-7(6-10)8-2-4-9(5-3-8)11(12)13/h2-6H,1H3/b7-6+. The van der Waals surface area contributed by atoms with E-state index in [-0.39, 0.29) is 5.69 Å². The second-order valence-corrected chi connectivity index (χ2v) is 3.22. The fourth-order valence-corrected chi connectivity index (χ4v) is 1.27. The molecule has 0 saturated heterocycles. The van der Waals surface area contributed by atoms with Crippen molar-refractivity contribution < 1.29 is 4.92 Å². The van der Waals surface area contributed by atoms with Crippen LogP contribution in [0.3, 0.4) is 0 Å². The van der Waals surface area contributed by atoms with Crippen molar-refractivity contribution in [3.05, 3.63) is 44.0 Å². The molecule has 4 heteroatoms. The molecule has 0 aliphatic rings. The number of non-ortho nitro benzene ring substituents is 1. The predicted octanol–water partition coefficient (Wildman–Crippen LogP) is 3.39. The highest BCUT2D eigenvalue weighted by molar-refractivity contribution is 14.1. The quantitative estimate of drug-likeness (QED) is 0.476. The normalized spacial score (nSPS) is 11.4. The molecule has 0 spiro atoms. The van der Waals surface area contributed by atoms with Gasteiger partial charge in [-0.2, -0.15) is 0 Å². The minimum absolute atomic E-state index is 0.130. The Bertz CT molecular complexity index is 343. The summed E-state index contributed by atoms with van der Waals surface area (Å²) in [6.45, 7) is 1.97. The topological polar surface area (TPSA) is 43.1 Å². The second kappa shape index (κ2) is 4.36. The van der Waals surface area contributed by atoms with Crippen molar-refractivity contribution in [3.8, 4) is 0 Å². The third-order valence-electron chi connectivity index (χ3n) is 1.70. The van der Waals surface area contributed by atoms with Gasteiger partial charge >= 0.3 is 0 Å². The van der Waals surface area contributed by atoms with E-state index in [1.165, 1.54) is 12.1 Å². The van der Waals surface area contributed by atoms with Gasteiger partial charge < -0.3 is 0 Å². The van der Waals surface area contributed by atoms with Crippen LogP contribution in [0.25, 0.3) is 5.57 Å². The molecule has 68 valence electrons. The second-order valence-electron chi connectivity index (χ2n) is 2.60. The Morgan fingerprint density at radius 2 is 2.00 bits per heavy atom. The van der Waals surface area contributed by atoms with Gasteiger partial charge in [0, 0.05) is 12.1 Å². The Morgan fingerprint density at radius 3 is 2.38 bits per heavy atom. The van der Waals surface area contributed by atoms with Crippen LogP contribution in [0, 0.1) is 10.1 Å². The van der Waals surface area contributed by atoms with Gasteiger partial charge in [0.25, 0.3) is 5.69 Å². The third-order valence-corrected chi connectivity index (χ3v) is 2.63. The maximum absolute atomic E-state index is 10.3. The van der Waals surface area contributed by atoms with Crippen molar-refractivity contribution in [2.75, 3.05) is 0 Å². The molecule has 0 unspecified atom stereocenters. The number of hydrogen-bond acceptors (Lipinski definition) is 2. The minimum atomic E-state index is -0.396. The molecule has 0 N–H and O–H groups in total. The zero-order valence-electron chi connectivity index (χ0n) is 7.03. The lowest BCUT2D eigenvalue weighted by atomic mass is 10.1. The number of hydrogen-bond donors (Lipinski definition) is 0. The minimum Gasteiger partial charge on any atom is -0.258 e. The van der Waals surface area contributed by atoms with E-state index in [1.54, 1.807) is 12.1 Å². The highest BCUT2D eigenvalue weighted by atomic mass is 127. The number of benzene rings is 1. The maximum Gasteiger partial charge on any atom is 0.269 e. The average Bonchev–Trinajstić information content (AvgIpc) is 2.17. The summed E-state index contributed by atoms with van der Waals surface area (Å²) in [6.07, 6.45) is 0. The fourth-order valence-electron chi connectivity index (χ4n) is 0.909. The number of nitro groups is 1. The number of nitro benzene ring substituents is 1. The number of halogens is 1. The van der Waals surface area contributed by atoms with Gasteiger partial charge in [0.1, 0.15) is 0 Å². The molecule has 0 aromatic heterocycles. The summed E-state index contributed by atoms with van der Waals surface area (Å²) >= 11 is 2.14. The molecule has 0 amide bonds. The lowest BCUT2D eigenvalue weighted by Crippen LogP contribution is -1.87. The largest absolute Gasteiger partial charge is 0.269 e. The molecule has 0 atom stereocenters. The van der Waals surface area contributed by atoms with Crippen molar-refractivity contribution in [1.29, 1.82) is 0 Å². The van der Waals surface area contributed by atoms with Gasteiger partial charge in [0.05, 0.1) is 4.92 Å². The number of rotatable bonds is 2. The predicted molar refractivity (Wildman–Crippen MR) is 60.8 cm³/mol. The highest BCUT2D eigenvalue weighted by Gasteiger charge is 2.03. The summed E-state index contributed by atoms with van der Waals surface area (Å²) in [7, 11) is 0. The van der Waals surface area contributed by atoms with Crippen LogP contribution in [-0.4, -0.2) is 4.92 Å². The van der Waals surface area contributed by atoms with E-state index in [9.17, 15) is 10.1 Å². The van der Waals surface area contributed by atoms with E-state index in [0.717, 1.165) is 11.1 Å². The summed E-state index contributed by atoms with van der Waals surface area (Å²) in [5.74, 6) is 0. The van der Waals surface area contributed by atoms with Gasteiger partial charge in [-0.3, -0.25) is 10.1 Å². The summed E-state index contributed by atoms with van der Waals surface area (Å²) in [5.41, 5.74) is 2.25. The van der Waals surface area contributed by atoms with Crippen LogP contribution in [0.5, 0.6) is 0 Å². The molecule has 0 bridgehead atoms. The van der Waals surface area contributed by atoms with Crippen LogP contribution in [0.4, 0.5) is 5.69 Å². The van der Waals surface area contributed by atoms with Crippen LogP contribution in [0.2, 0.25) is 0 Å². The summed E-state index contributed by atoms with van der Waals surface area (Å²) in [6, 6.07) is 6.53. The van der Waals surface area contributed by atoms with Crippen LogP contribution < -0.4 is 0 Å². The summed E-state index contributed by atoms with van der Waals surface area (Å²) < 4.78 is 1.94. The van der Waals surface area contributed by atoms with Gasteiger partial charge in [-0.25, -0.2) is 0 Å². The molecule has 0 saturated carbocycles. The molecular weight excluding hydrogens is 281 g/mol. The molecule has 13 heavy (non-hydrogen) atoms. The molecule has 0 aliphatic heterocycles. The van der Waals surface area contributed by atoms with Crippen LogP contribution in [0.15, 0.2) is 28.3 Å². The van der Waals surface area contributed by atoms with E-state index in [4.69, 9.17) is 0 Å². The molecular formula is C9H8INO2. The smallest absolute Gasteiger partial charge is 0.258 e. The zero-order valence-corrected chi connectivity index (χ0v) is 9.19. The summed E-state index contributed by atoms with van der Waals surface area (Å²) in [5, 5.41) is 10.3. The van der Waals surface area contributed by atoms with Gasteiger partial charge in [-0.15, -0.1) is 0 Å². The molecule has 1 aromatic carbocycles. The van der Waals surface area contributed by atoms with Gasteiger partial charge in [-0.05, 0) is 34.3 Å². The van der Waals surface area contributed by atoms with Crippen molar-refractivity contribution in [2.45, 2.75) is 6.92 Å². The Labute approximate surface area is 89.8 Å². The molecule has 3 nitrogen and oxygen atoms in total. The monoisotopic (exact) mass is 289 g/mol. The van der Waals surface area contributed by atoms with E-state index < -0.39 is 4.92 Å². The van der Waals surface area contributed by atoms with E-state index in [1.807, 2.05) is 11.0 Å². The first-order chi connectivity index (χ1) is 6.15. The molecule has 0 radical (unpaired) electrons. The first-order valence-electron chi connectivity index (χ1n) is 3.67. The number of nitrogens with zero attached hydrogens (tertiary/aromatic N) is 1. The van der Waals surface area contributed by atoms with E-state index in [2.05, 4.69) is 22.6 Å². The lowest BCUT2D eigenvalue weighted by Gasteiger charge is -1.98. The molecule has 0 heterocycles. The Balaban J connectivity index is 3.00. The van der Waals surface area contributed by atoms with E-state index in [0.29, 0.717) is 0 Å². The Morgan fingerprint density at radius 1 is 1.46 bits per heavy atom. The zero-order chi connectivity index (χ0) is 9.84. The molecule has 0 fully saturated rings. The Hall–Kier alpha value is -0.910. The Kier molecular flexibility index (Phi) is 3.41. The van der Waals surface area contributed by atoms with Gasteiger partial charge in [0.15, 0.2) is 0 Å².